The number of carbonyl (C=O) groups is 1. The van der Waals surface area contributed by atoms with Gasteiger partial charge in [-0.05, 0) is 19.9 Å². The van der Waals surface area contributed by atoms with Gasteiger partial charge >= 0.3 is 0 Å². The number of anilines is 3. The first-order valence-corrected chi connectivity index (χ1v) is 9.37. The molecule has 0 aromatic carbocycles. The van der Waals surface area contributed by atoms with Crippen LogP contribution in [0.1, 0.15) is 24.2 Å². The number of carbonyl (C=O) groups excluding carboxylic acids is 1. The van der Waals surface area contributed by atoms with Crippen molar-refractivity contribution in [3.8, 4) is 0 Å². The van der Waals surface area contributed by atoms with Crippen LogP contribution in [0.2, 0.25) is 0 Å². The zero-order valence-corrected chi connectivity index (χ0v) is 16.8. The summed E-state index contributed by atoms with van der Waals surface area (Å²) in [5.41, 5.74) is -1.02. The summed E-state index contributed by atoms with van der Waals surface area (Å²) in [5.74, 6) is -0.0333. The van der Waals surface area contributed by atoms with Crippen LogP contribution in [0.25, 0.3) is 5.65 Å². The molecule has 0 radical (unpaired) electrons. The first kappa shape index (κ1) is 22.3. The average Bonchev–Trinajstić information content (AvgIpc) is 3.17. The molecule has 4 N–H and O–H groups in total. The summed E-state index contributed by atoms with van der Waals surface area (Å²) < 4.78 is 40.9. The third kappa shape index (κ3) is 5.81. The highest BCUT2D eigenvalue weighted by molar-refractivity contribution is 5.99. The van der Waals surface area contributed by atoms with Gasteiger partial charge in [-0.15, -0.1) is 0 Å². The number of pyridine rings is 1. The Kier molecular flexibility index (Phi) is 6.59. The molecule has 0 fully saturated rings. The highest BCUT2D eigenvalue weighted by Gasteiger charge is 2.27. The van der Waals surface area contributed by atoms with Crippen molar-refractivity contribution in [3.05, 3.63) is 42.4 Å². The number of amides is 1. The largest absolute Gasteiger partial charge is 0.387 e. The smallest absolute Gasteiger partial charge is 0.255 e. The van der Waals surface area contributed by atoms with E-state index in [0.717, 1.165) is 0 Å². The van der Waals surface area contributed by atoms with Crippen molar-refractivity contribution in [1.29, 1.82) is 0 Å². The molecule has 1 atom stereocenters. The van der Waals surface area contributed by atoms with Crippen molar-refractivity contribution in [1.82, 2.24) is 24.9 Å². The van der Waals surface area contributed by atoms with Crippen LogP contribution in [0.3, 0.4) is 0 Å². The molecule has 3 aromatic heterocycles. The van der Waals surface area contributed by atoms with Gasteiger partial charge in [-0.1, -0.05) is 0 Å². The maximum atomic E-state index is 13.9. The first-order valence-electron chi connectivity index (χ1n) is 9.37. The topological polar surface area (TPSA) is 116 Å². The number of hydrogen-bond acceptors (Lipinski definition) is 7. The maximum absolute atomic E-state index is 13.9. The van der Waals surface area contributed by atoms with Gasteiger partial charge < -0.3 is 21.1 Å². The lowest BCUT2D eigenvalue weighted by Crippen LogP contribution is -2.42. The molecule has 3 aromatic rings. The van der Waals surface area contributed by atoms with Crippen molar-refractivity contribution < 1.29 is 23.1 Å². The second kappa shape index (κ2) is 9.16. The summed E-state index contributed by atoms with van der Waals surface area (Å²) in [6, 6.07) is 4.72. The molecule has 3 heterocycles. The van der Waals surface area contributed by atoms with Gasteiger partial charge in [-0.3, -0.25) is 4.79 Å². The van der Waals surface area contributed by atoms with Crippen molar-refractivity contribution in [2.75, 3.05) is 23.7 Å². The highest BCUT2D eigenvalue weighted by Crippen LogP contribution is 2.22. The molecule has 166 valence electrons. The van der Waals surface area contributed by atoms with Gasteiger partial charge in [0.05, 0.1) is 36.1 Å². The molecule has 0 bridgehead atoms. The monoisotopic (exact) mass is 437 g/mol. The number of aromatic nitrogens is 4. The predicted octanol–water partition coefficient (Wildman–Crippen LogP) is 2.38. The van der Waals surface area contributed by atoms with E-state index < -0.39 is 37.2 Å². The summed E-state index contributed by atoms with van der Waals surface area (Å²) in [6.07, 6.45) is 0.0760. The van der Waals surface area contributed by atoms with Crippen LogP contribution in [-0.2, 0) is 0 Å². The molecule has 3 rings (SSSR count). The number of hydrogen-bond donors (Lipinski definition) is 4. The molecule has 0 aliphatic heterocycles. The van der Waals surface area contributed by atoms with Gasteiger partial charge in [0.15, 0.2) is 5.65 Å². The lowest BCUT2D eigenvalue weighted by molar-refractivity contribution is -0.00177. The van der Waals surface area contributed by atoms with Crippen molar-refractivity contribution in [2.24, 2.45) is 0 Å². The summed E-state index contributed by atoms with van der Waals surface area (Å²) in [6.45, 7) is 1.40. The van der Waals surface area contributed by atoms with Crippen LogP contribution >= 0.6 is 0 Å². The molecular weight excluding hydrogens is 415 g/mol. The Morgan fingerprint density at radius 1 is 1.23 bits per heavy atom. The van der Waals surface area contributed by atoms with Crippen LogP contribution in [0.4, 0.5) is 30.5 Å². The normalized spacial score (nSPS) is 12.7. The van der Waals surface area contributed by atoms with Crippen LogP contribution < -0.4 is 16.0 Å². The van der Waals surface area contributed by atoms with Crippen LogP contribution in [-0.4, -0.2) is 61.9 Å². The van der Waals surface area contributed by atoms with E-state index >= 15 is 0 Å². The zero-order chi connectivity index (χ0) is 22.6. The number of alkyl halides is 3. The second-order valence-corrected chi connectivity index (χ2v) is 7.29. The SMILES string of the molecule is CC(C)(O)[C@H](F)CNC(=O)c1cnc(Nc2ccn3nccc3n2)cc1NCC(F)F. The molecule has 0 saturated heterocycles. The van der Waals surface area contributed by atoms with E-state index in [9.17, 15) is 23.1 Å². The molecule has 1 amide bonds. The lowest BCUT2D eigenvalue weighted by atomic mass is 10.0. The number of rotatable bonds is 9. The first-order chi connectivity index (χ1) is 14.6. The van der Waals surface area contributed by atoms with Crippen LogP contribution in [0.15, 0.2) is 36.8 Å². The molecule has 12 heteroatoms. The Labute approximate surface area is 175 Å². The Bertz CT molecular complexity index is 1050. The third-order valence-electron chi connectivity index (χ3n) is 4.32. The number of aliphatic hydroxyl groups is 1. The Balaban J connectivity index is 1.79. The minimum absolute atomic E-state index is 0.0478. The highest BCUT2D eigenvalue weighted by atomic mass is 19.3. The van der Waals surface area contributed by atoms with Gasteiger partial charge in [0, 0.05) is 24.5 Å². The standard InChI is InChI=1S/C19H22F3N7O2/c1-19(2,31)13(20)9-25-18(30)11-8-24-16(7-12(11)23-10-14(21)22)27-15-4-6-29-17(28-15)3-5-26-29/h3-8,13-14,31H,9-10H2,1-2H3,(H,25,30)(H2,23,24,27,28)/t13-/m1/s1. The van der Waals surface area contributed by atoms with E-state index in [0.29, 0.717) is 11.5 Å². The minimum atomic E-state index is -2.66. The maximum Gasteiger partial charge on any atom is 0.255 e. The number of fused-ring (bicyclic) bond motifs is 1. The summed E-state index contributed by atoms with van der Waals surface area (Å²) in [4.78, 5) is 20.9. The second-order valence-electron chi connectivity index (χ2n) is 7.29. The van der Waals surface area contributed by atoms with Crippen LogP contribution in [0.5, 0.6) is 0 Å². The van der Waals surface area contributed by atoms with Gasteiger partial charge in [0.1, 0.15) is 17.8 Å². The summed E-state index contributed by atoms with van der Waals surface area (Å²) >= 11 is 0. The quantitative estimate of drug-likeness (QED) is 0.406. The number of nitrogens with zero attached hydrogens (tertiary/aromatic N) is 4. The van der Waals surface area contributed by atoms with E-state index in [-0.39, 0.29) is 17.1 Å². The third-order valence-corrected chi connectivity index (χ3v) is 4.32. The molecule has 0 aliphatic carbocycles. The van der Waals surface area contributed by atoms with E-state index in [1.54, 1.807) is 29.0 Å². The molecule has 0 saturated carbocycles. The van der Waals surface area contributed by atoms with E-state index in [2.05, 4.69) is 31.0 Å². The number of halogens is 3. The molecule has 9 nitrogen and oxygen atoms in total. The zero-order valence-electron chi connectivity index (χ0n) is 16.8. The Morgan fingerprint density at radius 2 is 2.00 bits per heavy atom. The molecule has 0 spiro atoms. The van der Waals surface area contributed by atoms with Crippen molar-refractivity contribution in [2.45, 2.75) is 32.0 Å². The van der Waals surface area contributed by atoms with Crippen molar-refractivity contribution in [3.63, 3.8) is 0 Å². The summed E-state index contributed by atoms with van der Waals surface area (Å²) in [7, 11) is 0. The molecular formula is C19H22F3N7O2. The minimum Gasteiger partial charge on any atom is -0.387 e. The Hall–Kier alpha value is -3.41. The van der Waals surface area contributed by atoms with E-state index in [1.165, 1.54) is 26.1 Å². The van der Waals surface area contributed by atoms with Gasteiger partial charge in [0.25, 0.3) is 12.3 Å². The fourth-order valence-corrected chi connectivity index (χ4v) is 2.58. The molecule has 31 heavy (non-hydrogen) atoms. The number of nitrogens with one attached hydrogen (secondary N) is 3. The fourth-order valence-electron chi connectivity index (χ4n) is 2.58. The summed E-state index contributed by atoms with van der Waals surface area (Å²) in [5, 5.41) is 21.4. The van der Waals surface area contributed by atoms with E-state index in [1.807, 2.05) is 0 Å². The van der Waals surface area contributed by atoms with Gasteiger partial charge in [0.2, 0.25) is 0 Å². The van der Waals surface area contributed by atoms with Gasteiger partial charge in [-0.25, -0.2) is 27.7 Å². The van der Waals surface area contributed by atoms with E-state index in [4.69, 9.17) is 0 Å². The van der Waals surface area contributed by atoms with Crippen LogP contribution in [0, 0.1) is 0 Å². The average molecular weight is 437 g/mol. The van der Waals surface area contributed by atoms with Gasteiger partial charge in [-0.2, -0.15) is 5.10 Å². The molecule has 0 aliphatic rings. The fraction of sp³-hybridized carbons (Fsp3) is 0.368. The lowest BCUT2D eigenvalue weighted by Gasteiger charge is -2.22. The van der Waals surface area contributed by atoms with Crippen molar-refractivity contribution >= 4 is 28.9 Å². The molecule has 0 unspecified atom stereocenters. The Morgan fingerprint density at radius 3 is 2.71 bits per heavy atom. The predicted molar refractivity (Wildman–Crippen MR) is 109 cm³/mol.